The second-order valence-corrected chi connectivity index (χ2v) is 7.62. The number of hydrogen-bond donors (Lipinski definition) is 1. The van der Waals surface area contributed by atoms with E-state index in [1.54, 1.807) is 13.0 Å². The lowest BCUT2D eigenvalue weighted by molar-refractivity contribution is -0.153. The minimum Gasteiger partial charge on any atom is -0.484 e. The fourth-order valence-electron chi connectivity index (χ4n) is 3.43. The molecule has 0 saturated carbocycles. The van der Waals surface area contributed by atoms with Crippen molar-refractivity contribution < 1.29 is 27.1 Å². The van der Waals surface area contributed by atoms with Crippen LogP contribution in [0.15, 0.2) is 42.5 Å². The first-order valence-electron chi connectivity index (χ1n) is 9.96. The largest absolute Gasteiger partial charge is 0.484 e. The molecule has 0 radical (unpaired) electrons. The van der Waals surface area contributed by atoms with E-state index in [2.05, 4.69) is 19.9 Å². The van der Waals surface area contributed by atoms with Crippen molar-refractivity contribution in [2.45, 2.75) is 19.1 Å². The van der Waals surface area contributed by atoms with Gasteiger partial charge in [-0.25, -0.2) is 4.39 Å². The molecular formula is C22H25F4N3O2. The molecule has 1 amide bonds. The van der Waals surface area contributed by atoms with Crippen LogP contribution < -0.4 is 15.0 Å². The van der Waals surface area contributed by atoms with Crippen LogP contribution in [0.2, 0.25) is 0 Å². The molecule has 3 rings (SSSR count). The summed E-state index contributed by atoms with van der Waals surface area (Å²) in [4.78, 5) is 17.0. The minimum atomic E-state index is -4.43. The molecule has 31 heavy (non-hydrogen) atoms. The Balaban J connectivity index is 1.69. The predicted molar refractivity (Wildman–Crippen MR) is 110 cm³/mol. The molecule has 1 aliphatic heterocycles. The number of benzene rings is 2. The smallest absolute Gasteiger partial charge is 0.422 e. The number of hydrogen-bond acceptors (Lipinski definition) is 4. The van der Waals surface area contributed by atoms with Gasteiger partial charge in [-0.2, -0.15) is 13.2 Å². The van der Waals surface area contributed by atoms with Crippen LogP contribution in [0.4, 0.5) is 23.2 Å². The maximum Gasteiger partial charge on any atom is 0.422 e. The van der Waals surface area contributed by atoms with Crippen molar-refractivity contribution in [2.24, 2.45) is 0 Å². The van der Waals surface area contributed by atoms with E-state index in [9.17, 15) is 22.4 Å². The van der Waals surface area contributed by atoms with Crippen molar-refractivity contribution in [3.05, 3.63) is 59.4 Å². The summed E-state index contributed by atoms with van der Waals surface area (Å²) in [6, 6.07) is 9.48. The van der Waals surface area contributed by atoms with Crippen molar-refractivity contribution >= 4 is 11.6 Å². The standard InChI is InChI=1S/C22H25F4N3O2/c1-15(19-13-17(23)5-8-20(19)29-11-9-28(2)10-12-29)27-21(30)16-3-6-18(7-4-16)31-14-22(24,25)26/h3-8,13,15H,9-12,14H2,1-2H3,(H,27,30)/t15-/m0/s1. The Bertz CT molecular complexity index is 895. The zero-order chi connectivity index (χ0) is 22.6. The van der Waals surface area contributed by atoms with Crippen molar-refractivity contribution in [3.8, 4) is 5.75 Å². The quantitative estimate of drug-likeness (QED) is 0.691. The van der Waals surface area contributed by atoms with Crippen molar-refractivity contribution in [1.29, 1.82) is 0 Å². The van der Waals surface area contributed by atoms with E-state index in [4.69, 9.17) is 0 Å². The van der Waals surface area contributed by atoms with Crippen LogP contribution in [0.3, 0.4) is 0 Å². The summed E-state index contributed by atoms with van der Waals surface area (Å²) >= 11 is 0. The summed E-state index contributed by atoms with van der Waals surface area (Å²) < 4.78 is 55.4. The Morgan fingerprint density at radius 2 is 1.74 bits per heavy atom. The molecule has 0 bridgehead atoms. The number of alkyl halides is 3. The fraction of sp³-hybridized carbons (Fsp3) is 0.409. The molecule has 2 aromatic carbocycles. The number of rotatable bonds is 6. The monoisotopic (exact) mass is 439 g/mol. The molecule has 0 spiro atoms. The summed E-state index contributed by atoms with van der Waals surface area (Å²) in [5.74, 6) is -0.784. The van der Waals surface area contributed by atoms with Crippen LogP contribution >= 0.6 is 0 Å². The number of ether oxygens (including phenoxy) is 1. The van der Waals surface area contributed by atoms with Crippen LogP contribution in [-0.2, 0) is 0 Å². The number of nitrogens with one attached hydrogen (secondary N) is 1. The topological polar surface area (TPSA) is 44.8 Å². The molecule has 1 aliphatic rings. The maximum absolute atomic E-state index is 14.0. The highest BCUT2D eigenvalue weighted by molar-refractivity contribution is 5.94. The van der Waals surface area contributed by atoms with Crippen molar-refractivity contribution in [3.63, 3.8) is 0 Å². The minimum absolute atomic E-state index is 0.0180. The molecule has 2 aromatic rings. The highest BCUT2D eigenvalue weighted by Gasteiger charge is 2.28. The van der Waals surface area contributed by atoms with Gasteiger partial charge in [0.1, 0.15) is 11.6 Å². The molecule has 0 aromatic heterocycles. The van der Waals surface area contributed by atoms with Gasteiger partial charge in [-0.15, -0.1) is 0 Å². The first kappa shape index (κ1) is 22.9. The van der Waals surface area contributed by atoms with Gasteiger partial charge in [-0.1, -0.05) is 0 Å². The zero-order valence-electron chi connectivity index (χ0n) is 17.4. The number of anilines is 1. The lowest BCUT2D eigenvalue weighted by Gasteiger charge is -2.36. The third-order valence-corrected chi connectivity index (χ3v) is 5.17. The lowest BCUT2D eigenvalue weighted by Crippen LogP contribution is -2.45. The van der Waals surface area contributed by atoms with Gasteiger partial charge < -0.3 is 19.9 Å². The molecule has 1 fully saturated rings. The second-order valence-electron chi connectivity index (χ2n) is 7.62. The van der Waals surface area contributed by atoms with Crippen LogP contribution in [0.1, 0.15) is 28.9 Å². The van der Waals surface area contributed by atoms with Gasteiger partial charge in [0.15, 0.2) is 6.61 Å². The lowest BCUT2D eigenvalue weighted by atomic mass is 10.0. The van der Waals surface area contributed by atoms with Crippen LogP contribution in [-0.4, -0.2) is 56.8 Å². The van der Waals surface area contributed by atoms with Crippen LogP contribution in [0.5, 0.6) is 5.75 Å². The van der Waals surface area contributed by atoms with E-state index in [1.165, 1.54) is 36.4 Å². The number of amides is 1. The Kier molecular flexibility index (Phi) is 7.04. The molecule has 9 heteroatoms. The van der Waals surface area contributed by atoms with Crippen LogP contribution in [0, 0.1) is 5.82 Å². The SMILES string of the molecule is C[C@H](NC(=O)c1ccc(OCC(F)(F)F)cc1)c1cc(F)ccc1N1CCN(C)CC1. The molecule has 1 saturated heterocycles. The number of halogens is 4. The Morgan fingerprint density at radius 1 is 1.10 bits per heavy atom. The van der Waals surface area contributed by atoms with E-state index in [-0.39, 0.29) is 17.1 Å². The highest BCUT2D eigenvalue weighted by atomic mass is 19.4. The summed E-state index contributed by atoms with van der Waals surface area (Å²) in [5, 5.41) is 2.84. The Labute approximate surface area is 178 Å². The van der Waals surface area contributed by atoms with Gasteiger partial charge in [0.25, 0.3) is 5.91 Å². The van der Waals surface area contributed by atoms with Gasteiger partial charge in [0.2, 0.25) is 0 Å². The van der Waals surface area contributed by atoms with Gasteiger partial charge in [0, 0.05) is 43.0 Å². The van der Waals surface area contributed by atoms with Gasteiger partial charge in [-0.05, 0) is 56.4 Å². The Morgan fingerprint density at radius 3 is 2.35 bits per heavy atom. The highest BCUT2D eigenvalue weighted by Crippen LogP contribution is 2.28. The molecule has 1 heterocycles. The van der Waals surface area contributed by atoms with E-state index in [1.807, 2.05) is 7.05 Å². The van der Waals surface area contributed by atoms with E-state index in [0.717, 1.165) is 31.9 Å². The maximum atomic E-state index is 14.0. The molecule has 5 nitrogen and oxygen atoms in total. The van der Waals surface area contributed by atoms with Crippen molar-refractivity contribution in [1.82, 2.24) is 10.2 Å². The zero-order valence-corrected chi connectivity index (χ0v) is 17.4. The molecular weight excluding hydrogens is 414 g/mol. The average molecular weight is 439 g/mol. The molecule has 0 aliphatic carbocycles. The molecule has 1 atom stereocenters. The normalized spacial score (nSPS) is 16.1. The number of likely N-dealkylation sites (N-methyl/N-ethyl adjacent to an activating group) is 1. The number of nitrogens with zero attached hydrogens (tertiary/aromatic N) is 2. The molecule has 0 unspecified atom stereocenters. The number of carbonyl (C=O) groups is 1. The summed E-state index contributed by atoms with van der Waals surface area (Å²) in [6.45, 7) is 3.75. The van der Waals surface area contributed by atoms with Gasteiger partial charge in [-0.3, -0.25) is 4.79 Å². The second kappa shape index (κ2) is 9.55. The first-order valence-corrected chi connectivity index (χ1v) is 9.96. The van der Waals surface area contributed by atoms with E-state index in [0.29, 0.717) is 5.56 Å². The van der Waals surface area contributed by atoms with Gasteiger partial charge in [0.05, 0.1) is 6.04 Å². The predicted octanol–water partition coefficient (Wildman–Crippen LogP) is 4.01. The first-order chi connectivity index (χ1) is 14.6. The Hall–Kier alpha value is -2.81. The van der Waals surface area contributed by atoms with Gasteiger partial charge >= 0.3 is 6.18 Å². The third-order valence-electron chi connectivity index (χ3n) is 5.17. The summed E-state index contributed by atoms with van der Waals surface area (Å²) in [6.07, 6.45) is -4.43. The van der Waals surface area contributed by atoms with E-state index < -0.39 is 24.7 Å². The van der Waals surface area contributed by atoms with E-state index >= 15 is 0 Å². The van der Waals surface area contributed by atoms with Crippen molar-refractivity contribution in [2.75, 3.05) is 44.7 Å². The number of piperazine rings is 1. The molecule has 1 N–H and O–H groups in total. The summed E-state index contributed by atoms with van der Waals surface area (Å²) in [5.41, 5.74) is 1.81. The fourth-order valence-corrected chi connectivity index (χ4v) is 3.43. The summed E-state index contributed by atoms with van der Waals surface area (Å²) in [7, 11) is 2.05. The molecule has 168 valence electrons. The number of carbonyl (C=O) groups excluding carboxylic acids is 1. The average Bonchev–Trinajstić information content (AvgIpc) is 2.72. The third kappa shape index (κ3) is 6.33. The van der Waals surface area contributed by atoms with Crippen LogP contribution in [0.25, 0.3) is 0 Å².